The third kappa shape index (κ3) is 4.08. The number of nitrogens with two attached hydrogens (primary N) is 1. The summed E-state index contributed by atoms with van der Waals surface area (Å²) in [6.45, 7) is 4.24. The van der Waals surface area contributed by atoms with Gasteiger partial charge < -0.3 is 5.73 Å². The minimum absolute atomic E-state index is 0. The summed E-state index contributed by atoms with van der Waals surface area (Å²) in [6, 6.07) is 3.15. The molecule has 1 fully saturated rings. The highest BCUT2D eigenvalue weighted by Gasteiger charge is 2.33. The Morgan fingerprint density at radius 1 is 1.42 bits per heavy atom. The third-order valence-corrected chi connectivity index (χ3v) is 4.54. The second-order valence-electron chi connectivity index (χ2n) is 4.88. The smallest absolute Gasteiger partial charge is 0.330 e. The van der Waals surface area contributed by atoms with E-state index < -0.39 is 11.1 Å². The number of thiophene rings is 1. The minimum Gasteiger partial charge on any atom is -0.330 e. The SMILES string of the molecule is CC1CC(CN)CN1Cc1ccc(C(F)(F)F)s1.Cl. The van der Waals surface area contributed by atoms with Gasteiger partial charge in [0.25, 0.3) is 0 Å². The number of alkyl halides is 3. The second kappa shape index (κ2) is 6.43. The molecule has 0 spiro atoms. The molecule has 0 aliphatic carbocycles. The Balaban J connectivity index is 0.00000180. The van der Waals surface area contributed by atoms with Gasteiger partial charge in [-0.3, -0.25) is 4.90 Å². The van der Waals surface area contributed by atoms with Crippen molar-refractivity contribution < 1.29 is 13.2 Å². The van der Waals surface area contributed by atoms with E-state index in [1.807, 2.05) is 0 Å². The average Bonchev–Trinajstić information content (AvgIpc) is 2.86. The highest BCUT2D eigenvalue weighted by atomic mass is 35.5. The van der Waals surface area contributed by atoms with E-state index in [0.29, 0.717) is 25.0 Å². The molecule has 7 heteroatoms. The van der Waals surface area contributed by atoms with Crippen LogP contribution in [0.25, 0.3) is 0 Å². The van der Waals surface area contributed by atoms with Crippen molar-refractivity contribution in [1.82, 2.24) is 4.90 Å². The molecule has 0 amide bonds. The molecule has 2 N–H and O–H groups in total. The van der Waals surface area contributed by atoms with Crippen LogP contribution in [0.3, 0.4) is 0 Å². The van der Waals surface area contributed by atoms with Crippen molar-refractivity contribution in [2.75, 3.05) is 13.1 Å². The summed E-state index contributed by atoms with van der Waals surface area (Å²) < 4.78 is 37.5. The van der Waals surface area contributed by atoms with Crippen LogP contribution >= 0.6 is 23.7 Å². The molecule has 1 saturated heterocycles. The Labute approximate surface area is 121 Å². The largest absolute Gasteiger partial charge is 0.425 e. The molecule has 0 saturated carbocycles. The van der Waals surface area contributed by atoms with Crippen molar-refractivity contribution >= 4 is 23.7 Å². The predicted molar refractivity (Wildman–Crippen MR) is 73.6 cm³/mol. The zero-order chi connectivity index (χ0) is 13.3. The molecule has 2 rings (SSSR count). The van der Waals surface area contributed by atoms with Gasteiger partial charge >= 0.3 is 6.18 Å². The van der Waals surface area contributed by atoms with Crippen LogP contribution in [-0.4, -0.2) is 24.0 Å². The molecule has 0 aromatic carbocycles. The lowest BCUT2D eigenvalue weighted by molar-refractivity contribution is -0.134. The summed E-state index contributed by atoms with van der Waals surface area (Å²) in [6.07, 6.45) is -3.19. The first-order valence-electron chi connectivity index (χ1n) is 6.00. The Kier molecular flexibility index (Phi) is 5.67. The van der Waals surface area contributed by atoms with Gasteiger partial charge in [0.2, 0.25) is 0 Å². The maximum Gasteiger partial charge on any atom is 0.425 e. The predicted octanol–water partition coefficient (Wildman–Crippen LogP) is 3.36. The van der Waals surface area contributed by atoms with Gasteiger partial charge in [0, 0.05) is 24.0 Å². The van der Waals surface area contributed by atoms with E-state index in [0.717, 1.165) is 29.2 Å². The van der Waals surface area contributed by atoms with Gasteiger partial charge in [-0.15, -0.1) is 23.7 Å². The van der Waals surface area contributed by atoms with Crippen molar-refractivity contribution in [3.05, 3.63) is 21.9 Å². The summed E-state index contributed by atoms with van der Waals surface area (Å²) in [7, 11) is 0. The molecule has 0 bridgehead atoms. The van der Waals surface area contributed by atoms with Crippen LogP contribution in [0.2, 0.25) is 0 Å². The van der Waals surface area contributed by atoms with Gasteiger partial charge in [-0.25, -0.2) is 0 Å². The number of rotatable bonds is 3. The number of nitrogens with zero attached hydrogens (tertiary/aromatic N) is 1. The van der Waals surface area contributed by atoms with Crippen LogP contribution in [0.4, 0.5) is 13.2 Å². The molecule has 1 aromatic rings. The van der Waals surface area contributed by atoms with E-state index >= 15 is 0 Å². The van der Waals surface area contributed by atoms with E-state index in [-0.39, 0.29) is 12.4 Å². The summed E-state index contributed by atoms with van der Waals surface area (Å²) in [4.78, 5) is 2.47. The van der Waals surface area contributed by atoms with Crippen LogP contribution < -0.4 is 5.73 Å². The summed E-state index contributed by atoms with van der Waals surface area (Å²) in [5.41, 5.74) is 5.64. The van der Waals surface area contributed by atoms with Crippen LogP contribution in [0, 0.1) is 5.92 Å². The molecular formula is C12H18ClF3N2S. The Morgan fingerprint density at radius 2 is 2.11 bits per heavy atom. The van der Waals surface area contributed by atoms with Gasteiger partial charge in [0.05, 0.1) is 0 Å². The fourth-order valence-electron chi connectivity index (χ4n) is 2.42. The highest BCUT2D eigenvalue weighted by Crippen LogP contribution is 2.35. The highest BCUT2D eigenvalue weighted by molar-refractivity contribution is 7.12. The molecule has 0 radical (unpaired) electrons. The van der Waals surface area contributed by atoms with Crippen LogP contribution in [0.1, 0.15) is 23.1 Å². The molecule has 1 aromatic heterocycles. The van der Waals surface area contributed by atoms with Crippen molar-refractivity contribution in [1.29, 1.82) is 0 Å². The molecule has 1 aliphatic rings. The zero-order valence-electron chi connectivity index (χ0n) is 10.6. The first-order valence-corrected chi connectivity index (χ1v) is 6.82. The summed E-state index contributed by atoms with van der Waals surface area (Å²) in [5.74, 6) is 0.474. The lowest BCUT2D eigenvalue weighted by Gasteiger charge is -2.19. The lowest BCUT2D eigenvalue weighted by Crippen LogP contribution is -2.26. The van der Waals surface area contributed by atoms with Gasteiger partial charge in [0.15, 0.2) is 0 Å². The standard InChI is InChI=1S/C12H17F3N2S.ClH/c1-8-4-9(5-16)6-17(8)7-10-2-3-11(18-10)12(13,14)15;/h2-3,8-9H,4-7,16H2,1H3;1H. The first kappa shape index (κ1) is 16.8. The molecule has 19 heavy (non-hydrogen) atoms. The van der Waals surface area contributed by atoms with Gasteiger partial charge in [-0.05, 0) is 37.9 Å². The summed E-state index contributed by atoms with van der Waals surface area (Å²) >= 11 is 0.840. The monoisotopic (exact) mass is 314 g/mol. The third-order valence-electron chi connectivity index (χ3n) is 3.42. The molecule has 1 aliphatic heterocycles. The number of likely N-dealkylation sites (tertiary alicyclic amines) is 1. The number of halogens is 4. The van der Waals surface area contributed by atoms with E-state index in [9.17, 15) is 13.2 Å². The average molecular weight is 315 g/mol. The van der Waals surface area contributed by atoms with Crippen LogP contribution in [0.15, 0.2) is 12.1 Å². The lowest BCUT2D eigenvalue weighted by atomic mass is 10.1. The minimum atomic E-state index is -4.22. The van der Waals surface area contributed by atoms with Crippen molar-refractivity contribution in [2.24, 2.45) is 11.7 Å². The van der Waals surface area contributed by atoms with E-state index in [1.54, 1.807) is 6.07 Å². The molecule has 2 nitrogen and oxygen atoms in total. The second-order valence-corrected chi connectivity index (χ2v) is 6.05. The van der Waals surface area contributed by atoms with E-state index in [4.69, 9.17) is 5.73 Å². The van der Waals surface area contributed by atoms with E-state index in [2.05, 4.69) is 11.8 Å². The normalized spacial score (nSPS) is 24.5. The van der Waals surface area contributed by atoms with E-state index in [1.165, 1.54) is 6.07 Å². The van der Waals surface area contributed by atoms with Crippen LogP contribution in [0.5, 0.6) is 0 Å². The molecule has 2 unspecified atom stereocenters. The van der Waals surface area contributed by atoms with Gasteiger partial charge in [-0.2, -0.15) is 13.2 Å². The quantitative estimate of drug-likeness (QED) is 0.927. The Morgan fingerprint density at radius 3 is 2.58 bits per heavy atom. The molecule has 2 heterocycles. The zero-order valence-corrected chi connectivity index (χ0v) is 12.2. The maximum absolute atomic E-state index is 12.5. The Bertz CT molecular complexity index is 408. The molecule has 2 atom stereocenters. The van der Waals surface area contributed by atoms with Crippen LogP contribution in [-0.2, 0) is 12.7 Å². The molecular weight excluding hydrogens is 297 g/mol. The van der Waals surface area contributed by atoms with Gasteiger partial charge in [0.1, 0.15) is 4.88 Å². The van der Waals surface area contributed by atoms with Crippen molar-refractivity contribution in [3.63, 3.8) is 0 Å². The number of hydrogen-bond donors (Lipinski definition) is 1. The van der Waals surface area contributed by atoms with Crippen molar-refractivity contribution in [3.8, 4) is 0 Å². The topological polar surface area (TPSA) is 29.3 Å². The van der Waals surface area contributed by atoms with Gasteiger partial charge in [-0.1, -0.05) is 0 Å². The maximum atomic E-state index is 12.5. The fourth-order valence-corrected chi connectivity index (χ4v) is 3.32. The Hall–Kier alpha value is -0.300. The first-order chi connectivity index (χ1) is 8.40. The molecule has 110 valence electrons. The van der Waals surface area contributed by atoms with Crippen molar-refractivity contribution in [2.45, 2.75) is 32.1 Å². The summed E-state index contributed by atoms with van der Waals surface area (Å²) in [5, 5.41) is 0. The fraction of sp³-hybridized carbons (Fsp3) is 0.667. The number of hydrogen-bond acceptors (Lipinski definition) is 3.